The molecule has 0 aliphatic carbocycles. The first kappa shape index (κ1) is 74.7. The number of allylic oxidation sites excluding steroid dienone is 13. The molecule has 0 aromatic carbocycles. The number of carbonyl (C=O) groups is 1. The number of unbranched alkanes of at least 4 members (excludes halogenated alkanes) is 34. The van der Waals surface area contributed by atoms with E-state index in [0.717, 1.165) is 89.9 Å². The number of carbonyl (C=O) groups excluding carboxylic acids is 1. The minimum absolute atomic E-state index is 0.00623. The first-order chi connectivity index (χ1) is 37.5. The number of phosphoric ester groups is 1. The molecule has 0 rings (SSSR count). The third-order valence-corrected chi connectivity index (χ3v) is 15.3. The number of aliphatic hydroxyl groups is 1. The van der Waals surface area contributed by atoms with E-state index in [0.29, 0.717) is 17.4 Å². The topological polar surface area (TPSA) is 108 Å². The smallest absolute Gasteiger partial charge is 0.268 e. The summed E-state index contributed by atoms with van der Waals surface area (Å²) in [4.78, 5) is 25.6. The molecule has 3 unspecified atom stereocenters. The zero-order valence-electron chi connectivity index (χ0n) is 51.1. The molecule has 0 saturated carbocycles. The highest BCUT2D eigenvalue weighted by Gasteiger charge is 2.23. The van der Waals surface area contributed by atoms with Crippen molar-refractivity contribution in [2.24, 2.45) is 0 Å². The zero-order chi connectivity index (χ0) is 56.3. The molecule has 448 valence electrons. The molecule has 0 aromatic heterocycles. The summed E-state index contributed by atoms with van der Waals surface area (Å²) in [5.41, 5.74) is 0. The molecule has 0 aliphatic heterocycles. The highest BCUT2D eigenvalue weighted by Crippen LogP contribution is 2.38. The largest absolute Gasteiger partial charge is 0.756 e. The number of rotatable bonds is 59. The minimum Gasteiger partial charge on any atom is -0.756 e. The summed E-state index contributed by atoms with van der Waals surface area (Å²) in [5.74, 6) is -0.206. The van der Waals surface area contributed by atoms with Crippen molar-refractivity contribution < 1.29 is 32.9 Å². The van der Waals surface area contributed by atoms with Gasteiger partial charge in [-0.05, 0) is 70.6 Å². The second-order valence-corrected chi connectivity index (χ2v) is 24.5. The molecule has 0 fully saturated rings. The molecule has 0 radical (unpaired) electrons. The lowest BCUT2D eigenvalue weighted by atomic mass is 10.0. The van der Waals surface area contributed by atoms with Crippen molar-refractivity contribution in [2.75, 3.05) is 40.9 Å². The van der Waals surface area contributed by atoms with E-state index in [4.69, 9.17) is 9.05 Å². The van der Waals surface area contributed by atoms with Crippen molar-refractivity contribution in [3.05, 3.63) is 85.1 Å². The Morgan fingerprint density at radius 1 is 0.468 bits per heavy atom. The normalized spacial score (nSPS) is 14.3. The second kappa shape index (κ2) is 58.3. The summed E-state index contributed by atoms with van der Waals surface area (Å²) in [7, 11) is 1.25. The van der Waals surface area contributed by atoms with E-state index in [1.807, 2.05) is 27.2 Å². The molecule has 0 heterocycles. The first-order valence-electron chi connectivity index (χ1n) is 32.4. The molecule has 2 N–H and O–H groups in total. The van der Waals surface area contributed by atoms with E-state index < -0.39 is 20.0 Å². The van der Waals surface area contributed by atoms with Crippen LogP contribution in [-0.2, 0) is 18.4 Å². The molecule has 0 spiro atoms. The summed E-state index contributed by atoms with van der Waals surface area (Å²) < 4.78 is 23.4. The van der Waals surface area contributed by atoms with Crippen LogP contribution in [0.5, 0.6) is 0 Å². The van der Waals surface area contributed by atoms with E-state index in [1.165, 1.54) is 180 Å². The Kier molecular flexibility index (Phi) is 56.6. The SMILES string of the molecule is CC/C=C\C/C=C\C/C=C\C/C=C\C/C=C\C/C=C\CCCCCCCCCCC(=O)NC(COP(=O)([O-])OCC[N+](C)(C)C)C(O)/C=C/CCCCCCCCCCCCCCCCCCCCCCCCCCCC. The highest BCUT2D eigenvalue weighted by molar-refractivity contribution is 7.45. The number of hydrogen-bond donors (Lipinski definition) is 2. The van der Waals surface area contributed by atoms with Gasteiger partial charge in [-0.25, -0.2) is 0 Å². The van der Waals surface area contributed by atoms with Gasteiger partial charge in [0, 0.05) is 6.42 Å². The van der Waals surface area contributed by atoms with Gasteiger partial charge in [0.05, 0.1) is 39.9 Å². The van der Waals surface area contributed by atoms with Gasteiger partial charge in [-0.15, -0.1) is 0 Å². The van der Waals surface area contributed by atoms with Crippen LogP contribution in [0.4, 0.5) is 0 Å². The van der Waals surface area contributed by atoms with E-state index in [-0.39, 0.29) is 19.1 Å². The van der Waals surface area contributed by atoms with E-state index in [9.17, 15) is 19.4 Å². The predicted molar refractivity (Wildman–Crippen MR) is 334 cm³/mol. The van der Waals surface area contributed by atoms with Gasteiger partial charge in [-0.2, -0.15) is 0 Å². The van der Waals surface area contributed by atoms with Crippen molar-refractivity contribution >= 4 is 13.7 Å². The Morgan fingerprint density at radius 2 is 0.792 bits per heavy atom. The lowest BCUT2D eigenvalue weighted by Gasteiger charge is -2.29. The number of quaternary nitrogens is 1. The fraction of sp³-hybridized carbons (Fsp3) is 0.779. The van der Waals surface area contributed by atoms with Gasteiger partial charge in [-0.1, -0.05) is 298 Å². The van der Waals surface area contributed by atoms with Crippen LogP contribution in [-0.4, -0.2) is 68.5 Å². The third kappa shape index (κ3) is 61.2. The molecule has 3 atom stereocenters. The fourth-order valence-electron chi connectivity index (χ4n) is 9.34. The average Bonchev–Trinajstić information content (AvgIpc) is 3.39. The minimum atomic E-state index is -4.61. The van der Waals surface area contributed by atoms with E-state index >= 15 is 0 Å². The predicted octanol–water partition coefficient (Wildman–Crippen LogP) is 19.7. The van der Waals surface area contributed by atoms with Gasteiger partial charge >= 0.3 is 0 Å². The number of nitrogens with zero attached hydrogens (tertiary/aromatic N) is 1. The Hall–Kier alpha value is -2.32. The van der Waals surface area contributed by atoms with Crippen LogP contribution in [0.15, 0.2) is 85.1 Å². The third-order valence-electron chi connectivity index (χ3n) is 14.4. The molecule has 0 aromatic rings. The monoisotopic (exact) mass is 1100 g/mol. The average molecular weight is 1100 g/mol. The van der Waals surface area contributed by atoms with Gasteiger partial charge in [0.25, 0.3) is 7.82 Å². The number of nitrogens with one attached hydrogen (secondary N) is 1. The van der Waals surface area contributed by atoms with Crippen molar-refractivity contribution in [1.82, 2.24) is 5.32 Å². The maximum atomic E-state index is 13.0. The zero-order valence-corrected chi connectivity index (χ0v) is 52.0. The summed E-state index contributed by atoms with van der Waals surface area (Å²) >= 11 is 0. The fourth-order valence-corrected chi connectivity index (χ4v) is 10.1. The van der Waals surface area contributed by atoms with Crippen LogP contribution in [0, 0.1) is 0 Å². The molecule has 0 saturated heterocycles. The number of amides is 1. The van der Waals surface area contributed by atoms with Crippen molar-refractivity contribution in [2.45, 2.75) is 302 Å². The van der Waals surface area contributed by atoms with Gasteiger partial charge < -0.3 is 28.8 Å². The standard InChI is InChI=1S/C68H125N2O6P/c1-6-8-10-12-14-16-18-20-22-24-26-28-30-32-34-36-37-39-41-43-45-47-49-51-53-55-57-59-61-67(71)66(65-76-77(73,74)75-64-63-70(3,4)5)69-68(72)62-60-58-56-54-52-50-48-46-44-42-40-38-35-33-31-29-27-25-23-21-19-17-15-13-11-9-7-2/h9,11,15,17,21,23,27,29,33,35,40,42,59,61,66-67,71H,6-8,10,12-14,16,18-20,22,24-26,28,30-32,34,36-39,41,43-58,60,62-65H2,1-5H3,(H-,69,72,73,74)/b11-9-,17-15-,23-21-,29-27-,35-33-,42-40-,61-59+. The lowest BCUT2D eigenvalue weighted by Crippen LogP contribution is -2.45. The quantitative estimate of drug-likeness (QED) is 0.0272. The Bertz CT molecular complexity index is 1530. The summed E-state index contributed by atoms with van der Waals surface area (Å²) in [6.45, 7) is 4.55. The summed E-state index contributed by atoms with van der Waals surface area (Å²) in [5, 5.41) is 13.9. The molecule has 0 bridgehead atoms. The van der Waals surface area contributed by atoms with Gasteiger partial charge in [0.15, 0.2) is 0 Å². The first-order valence-corrected chi connectivity index (χ1v) is 33.9. The van der Waals surface area contributed by atoms with E-state index in [1.54, 1.807) is 6.08 Å². The molecule has 77 heavy (non-hydrogen) atoms. The highest BCUT2D eigenvalue weighted by atomic mass is 31.2. The van der Waals surface area contributed by atoms with Crippen LogP contribution >= 0.6 is 7.82 Å². The summed E-state index contributed by atoms with van der Waals surface area (Å²) in [6, 6.07) is -0.898. The van der Waals surface area contributed by atoms with Crippen LogP contribution in [0.3, 0.4) is 0 Å². The van der Waals surface area contributed by atoms with Gasteiger partial charge in [0.2, 0.25) is 5.91 Å². The van der Waals surface area contributed by atoms with Crippen LogP contribution in [0.1, 0.15) is 290 Å². The van der Waals surface area contributed by atoms with Crippen LogP contribution < -0.4 is 10.2 Å². The maximum Gasteiger partial charge on any atom is 0.268 e. The Morgan fingerprint density at radius 3 is 1.16 bits per heavy atom. The van der Waals surface area contributed by atoms with Crippen molar-refractivity contribution in [3.63, 3.8) is 0 Å². The maximum absolute atomic E-state index is 13.0. The second-order valence-electron chi connectivity index (χ2n) is 23.1. The molecule has 0 aliphatic rings. The number of aliphatic hydroxyl groups excluding tert-OH is 1. The molecule has 1 amide bonds. The number of likely N-dealkylation sites (N-methyl/N-ethyl adjacent to an activating group) is 1. The van der Waals surface area contributed by atoms with E-state index in [2.05, 4.69) is 92.1 Å². The molecular weight excluding hydrogens is 972 g/mol. The van der Waals surface area contributed by atoms with Crippen molar-refractivity contribution in [3.8, 4) is 0 Å². The van der Waals surface area contributed by atoms with Gasteiger partial charge in [-0.3, -0.25) is 9.36 Å². The Labute approximate surface area is 477 Å². The number of phosphoric acid groups is 1. The number of hydrogen-bond acceptors (Lipinski definition) is 6. The molecular formula is C68H125N2O6P. The molecule has 9 heteroatoms. The van der Waals surface area contributed by atoms with Crippen LogP contribution in [0.25, 0.3) is 0 Å². The van der Waals surface area contributed by atoms with Gasteiger partial charge in [0.1, 0.15) is 13.2 Å². The Balaban J connectivity index is 4.17. The van der Waals surface area contributed by atoms with Crippen LogP contribution in [0.2, 0.25) is 0 Å². The molecule has 8 nitrogen and oxygen atoms in total. The van der Waals surface area contributed by atoms with Crippen molar-refractivity contribution in [1.29, 1.82) is 0 Å². The summed E-state index contributed by atoms with van der Waals surface area (Å²) in [6.07, 6.45) is 82.5. The lowest BCUT2D eigenvalue weighted by molar-refractivity contribution is -0.870.